The van der Waals surface area contributed by atoms with Crippen LogP contribution in [0.25, 0.3) is 10.9 Å². The zero-order chi connectivity index (χ0) is 40.3. The molecular formula is C38H59F5N3O6V-. The van der Waals surface area contributed by atoms with E-state index in [1.54, 1.807) is 0 Å². The molecule has 1 amide bonds. The Kier molecular flexibility index (Phi) is 25.0. The zero-order valence-corrected chi connectivity index (χ0v) is 33.7. The van der Waals surface area contributed by atoms with Crippen LogP contribution in [0.15, 0.2) is 23.0 Å². The number of H-pyrrole nitrogens is 1. The molecule has 1 radical (unpaired) electrons. The number of rotatable bonds is 11. The van der Waals surface area contributed by atoms with Crippen LogP contribution in [0.5, 0.6) is 5.75 Å². The molecular weight excluding hydrogens is 740 g/mol. The van der Waals surface area contributed by atoms with Gasteiger partial charge in [-0.1, -0.05) is 72.6 Å². The molecule has 15 heteroatoms. The molecule has 2 heterocycles. The summed E-state index contributed by atoms with van der Waals surface area (Å²) in [6, 6.07) is 3.93. The molecule has 2 aliphatic rings. The number of nitrogens with one attached hydrogen (secondary N) is 2. The molecule has 1 aromatic heterocycles. The van der Waals surface area contributed by atoms with E-state index in [0.29, 0.717) is 18.7 Å². The van der Waals surface area contributed by atoms with E-state index >= 15 is 0 Å². The maximum atomic E-state index is 14.8. The number of hydrogen-bond donors (Lipinski definition) is 3. The Morgan fingerprint density at radius 1 is 1.04 bits per heavy atom. The van der Waals surface area contributed by atoms with Gasteiger partial charge in [0, 0.05) is 49.6 Å². The summed E-state index contributed by atoms with van der Waals surface area (Å²) < 4.78 is 75.9. The van der Waals surface area contributed by atoms with Gasteiger partial charge in [0.1, 0.15) is 12.0 Å². The number of ether oxygens (including phenoxy) is 1. The number of nitrogens with zero attached hydrogens (tertiary/aromatic N) is 1. The minimum atomic E-state index is -5.09. The molecule has 53 heavy (non-hydrogen) atoms. The van der Waals surface area contributed by atoms with Crippen molar-refractivity contribution < 1.29 is 64.7 Å². The van der Waals surface area contributed by atoms with E-state index in [4.69, 9.17) is 14.6 Å². The Morgan fingerprint density at radius 2 is 1.62 bits per heavy atom. The number of halogens is 5. The SMILES string of the molecule is CC(C)(C)[C@@H](C=O)NC=O.CCC1CCN(C)C1C.CO.COc1ccc2c(C(F)(F)F)c(C(F)(F)CCCCC3CCCC3)c(=O)[nH]c2c1.[CH-]=O.[V]. The van der Waals surface area contributed by atoms with Gasteiger partial charge >= 0.3 is 6.18 Å². The number of carbonyl (C=O) groups is 2. The fourth-order valence-corrected chi connectivity index (χ4v) is 6.54. The molecule has 303 valence electrons. The minimum Gasteiger partial charge on any atom is -0.545 e. The number of aliphatic hydroxyl groups is 1. The second-order valence-electron chi connectivity index (χ2n) is 14.2. The van der Waals surface area contributed by atoms with Gasteiger partial charge < -0.3 is 34.6 Å². The number of alkyl halides is 5. The third-order valence-electron chi connectivity index (χ3n) is 9.77. The van der Waals surface area contributed by atoms with Gasteiger partial charge in [0.15, 0.2) is 0 Å². The largest absolute Gasteiger partial charge is 0.545 e. The molecule has 0 spiro atoms. The number of pyridine rings is 1. The van der Waals surface area contributed by atoms with Crippen molar-refractivity contribution in [3.8, 4) is 5.75 Å². The molecule has 1 aliphatic heterocycles. The van der Waals surface area contributed by atoms with Gasteiger partial charge in [-0.2, -0.15) is 13.2 Å². The Labute approximate surface area is 323 Å². The van der Waals surface area contributed by atoms with Gasteiger partial charge in [-0.15, -0.1) is 0 Å². The van der Waals surface area contributed by atoms with E-state index in [2.05, 4.69) is 42.9 Å². The number of likely N-dealkylation sites (tertiary alicyclic amines) is 1. The summed E-state index contributed by atoms with van der Waals surface area (Å²) in [6.45, 7) is 14.9. The summed E-state index contributed by atoms with van der Waals surface area (Å²) in [5, 5.41) is 8.95. The number of unbranched alkanes of at least 4 members (excludes halogenated alkanes) is 1. The van der Waals surface area contributed by atoms with Gasteiger partial charge in [-0.05, 0) is 62.7 Å². The molecule has 2 aromatic rings. The van der Waals surface area contributed by atoms with E-state index in [0.717, 1.165) is 63.5 Å². The summed E-state index contributed by atoms with van der Waals surface area (Å²) in [6.07, 6.45) is 4.03. The van der Waals surface area contributed by atoms with Gasteiger partial charge in [-0.25, -0.2) is 8.78 Å². The first-order valence-electron chi connectivity index (χ1n) is 17.6. The molecule has 0 bridgehead atoms. The van der Waals surface area contributed by atoms with Crippen LogP contribution in [0.2, 0.25) is 0 Å². The molecule has 2 unspecified atom stereocenters. The first-order valence-corrected chi connectivity index (χ1v) is 17.6. The second kappa shape index (κ2) is 25.3. The molecule has 1 aromatic carbocycles. The van der Waals surface area contributed by atoms with Crippen LogP contribution < -0.4 is 15.6 Å². The number of methoxy groups -OCH3 is 1. The van der Waals surface area contributed by atoms with Gasteiger partial charge in [0.25, 0.3) is 11.5 Å². The number of aldehydes is 1. The minimum absolute atomic E-state index is 0. The van der Waals surface area contributed by atoms with Crippen molar-refractivity contribution in [1.82, 2.24) is 15.2 Å². The first-order chi connectivity index (χ1) is 24.4. The molecule has 2 fully saturated rings. The number of aromatic amines is 1. The standard InChI is InChI=1S/C21H24F5NO2.C8H17N.C7H13NO2.CH4O.CHO.V/c1-29-14-9-10-15-16(12-14)27-19(28)18(17(15)21(24,25)26)20(22,23)11-5-4-8-13-6-2-3-7-13;1-4-8-5-6-9(3)7(8)2;1-7(2,3)6(4-9)8-5-10;2*1-2;/h9-10,12-13H,2-8,11H2,1H3,(H,27,28);7-8H,4-6H2,1-3H3;4-6H,1-3H3,(H,8,10);2H,1H3;1H;/q;;;;-1;/t;;6-;;;/m..1.../s1. The number of fused-ring (bicyclic) bond motifs is 1. The third kappa shape index (κ3) is 16.6. The number of amides is 1. The van der Waals surface area contributed by atoms with Crippen molar-refractivity contribution in [2.24, 2.45) is 17.3 Å². The topological polar surface area (TPSA) is 129 Å². The Balaban J connectivity index is 0. The van der Waals surface area contributed by atoms with Crippen LogP contribution >= 0.6 is 0 Å². The van der Waals surface area contributed by atoms with Crippen LogP contribution in [0, 0.1) is 17.3 Å². The van der Waals surface area contributed by atoms with Gasteiger partial charge in [0.2, 0.25) is 6.41 Å². The number of benzene rings is 1. The smallest absolute Gasteiger partial charge is 0.417 e. The van der Waals surface area contributed by atoms with E-state index in [-0.39, 0.29) is 47.7 Å². The Hall–Kier alpha value is -2.81. The van der Waals surface area contributed by atoms with Crippen molar-refractivity contribution in [2.75, 3.05) is 27.8 Å². The summed E-state index contributed by atoms with van der Waals surface area (Å²) in [5.41, 5.74) is -4.87. The molecule has 1 saturated heterocycles. The van der Waals surface area contributed by atoms with Crippen LogP contribution in [0.4, 0.5) is 22.0 Å². The molecule has 3 N–H and O–H groups in total. The molecule has 3 atom stereocenters. The maximum absolute atomic E-state index is 14.8. The number of aliphatic hydroxyl groups excluding tert-OH is 1. The average molecular weight is 800 g/mol. The quantitative estimate of drug-likeness (QED) is 0.0916. The molecule has 4 rings (SSSR count). The Bertz CT molecular complexity index is 1400. The number of aromatic nitrogens is 1. The van der Waals surface area contributed by atoms with Crippen molar-refractivity contribution >= 4 is 30.4 Å². The molecule has 1 saturated carbocycles. The van der Waals surface area contributed by atoms with Crippen molar-refractivity contribution in [1.29, 1.82) is 0 Å². The average Bonchev–Trinajstić information content (AvgIpc) is 3.74. The Morgan fingerprint density at radius 3 is 2.02 bits per heavy atom. The van der Waals surface area contributed by atoms with E-state index in [1.807, 2.05) is 20.8 Å². The van der Waals surface area contributed by atoms with Crippen LogP contribution in [-0.2, 0) is 45.0 Å². The number of carbonyl (C=O) groups excluding carboxylic acids is 3. The van der Waals surface area contributed by atoms with Crippen LogP contribution in [-0.4, -0.2) is 74.4 Å². The molecule has 9 nitrogen and oxygen atoms in total. The summed E-state index contributed by atoms with van der Waals surface area (Å²) in [7, 11) is 4.54. The maximum Gasteiger partial charge on any atom is 0.417 e. The summed E-state index contributed by atoms with van der Waals surface area (Å²) >= 11 is 0. The zero-order valence-electron chi connectivity index (χ0n) is 32.3. The predicted octanol–water partition coefficient (Wildman–Crippen LogP) is 7.81. The number of hydrogen-bond acceptors (Lipinski definition) is 7. The normalized spacial score (nSPS) is 17.9. The van der Waals surface area contributed by atoms with Crippen LogP contribution in [0.3, 0.4) is 0 Å². The van der Waals surface area contributed by atoms with Crippen molar-refractivity contribution in [3.63, 3.8) is 0 Å². The van der Waals surface area contributed by atoms with Crippen LogP contribution in [0.1, 0.15) is 110 Å². The summed E-state index contributed by atoms with van der Waals surface area (Å²) in [4.78, 5) is 45.0. The summed E-state index contributed by atoms with van der Waals surface area (Å²) in [5.74, 6) is -2.17. The van der Waals surface area contributed by atoms with Gasteiger partial charge in [-0.3, -0.25) is 16.4 Å². The van der Waals surface area contributed by atoms with E-state index in [9.17, 15) is 36.3 Å². The second-order valence-corrected chi connectivity index (χ2v) is 14.2. The van der Waals surface area contributed by atoms with Crippen molar-refractivity contribution in [2.45, 2.75) is 123 Å². The van der Waals surface area contributed by atoms with Gasteiger partial charge in [0.05, 0.1) is 29.8 Å². The monoisotopic (exact) mass is 799 g/mol. The third-order valence-corrected chi connectivity index (χ3v) is 9.77. The predicted molar refractivity (Wildman–Crippen MR) is 194 cm³/mol. The van der Waals surface area contributed by atoms with E-state index < -0.39 is 40.6 Å². The molecule has 1 aliphatic carbocycles. The first kappa shape index (κ1) is 52.3. The van der Waals surface area contributed by atoms with E-state index in [1.165, 1.54) is 38.6 Å². The fourth-order valence-electron chi connectivity index (χ4n) is 6.54. The fraction of sp³-hybridized carbons (Fsp3) is 0.684. The van der Waals surface area contributed by atoms with Crippen molar-refractivity contribution in [3.05, 3.63) is 39.7 Å².